The zero-order chi connectivity index (χ0) is 24.8. The molecular formula is C26H30N6O3S. The summed E-state index contributed by atoms with van der Waals surface area (Å²) in [6.45, 7) is 8.00. The number of carbonyl (C=O) groups is 1. The third-order valence-corrected chi connectivity index (χ3v) is 8.16. The Kier molecular flexibility index (Phi) is 6.00. The van der Waals surface area contributed by atoms with Crippen molar-refractivity contribution in [2.75, 3.05) is 25.1 Å². The topological polar surface area (TPSA) is 105 Å². The Bertz CT molecular complexity index is 1430. The van der Waals surface area contributed by atoms with E-state index in [1.165, 1.54) is 10.4 Å². The molecule has 0 spiro atoms. The van der Waals surface area contributed by atoms with Crippen molar-refractivity contribution in [3.05, 3.63) is 35.1 Å². The number of ether oxygens (including phenoxy) is 2. The highest BCUT2D eigenvalue weighted by Crippen LogP contribution is 2.42. The first-order chi connectivity index (χ1) is 17.5. The number of carbonyl (C=O) groups excluding carboxylic acids is 1. The van der Waals surface area contributed by atoms with Crippen molar-refractivity contribution in [3.63, 3.8) is 0 Å². The molecule has 2 aliphatic rings. The van der Waals surface area contributed by atoms with Crippen LogP contribution in [0.25, 0.3) is 21.1 Å². The van der Waals surface area contributed by atoms with E-state index in [4.69, 9.17) is 9.47 Å². The van der Waals surface area contributed by atoms with E-state index in [9.17, 15) is 4.79 Å². The highest BCUT2D eigenvalue weighted by Gasteiger charge is 2.34. The van der Waals surface area contributed by atoms with Crippen molar-refractivity contribution in [1.82, 2.24) is 25.1 Å². The van der Waals surface area contributed by atoms with Gasteiger partial charge < -0.3 is 19.7 Å². The second kappa shape index (κ2) is 9.33. The number of morpholine rings is 1. The molecule has 0 radical (unpaired) electrons. The summed E-state index contributed by atoms with van der Waals surface area (Å²) >= 11 is 1.68. The Hall–Kier alpha value is -3.24. The van der Waals surface area contributed by atoms with Crippen LogP contribution in [0, 0.1) is 5.92 Å². The monoisotopic (exact) mass is 506 g/mol. The highest BCUT2D eigenvalue weighted by molar-refractivity contribution is 7.19. The minimum absolute atomic E-state index is 0.00465. The Labute approximate surface area is 213 Å². The standard InChI is InChI=1S/C26H30N6O3S/c1-14(2)35-21-10-19-17(11-29-31-19)8-20(21)30-24-23-18-5-4-16(9-22(18)36-25(23)28-13-27-24)26(33)32-6-7-34-12-15(32)3/h8,10-11,13-16H,4-7,9,12H2,1-3H3,(H,29,31)(H,27,28,30)/t15-,16-/m0/s1. The molecular weight excluding hydrogens is 476 g/mol. The van der Waals surface area contributed by atoms with Crippen LogP contribution in [0.3, 0.4) is 0 Å². The number of aryl methyl sites for hydroxylation is 1. The molecule has 3 aromatic heterocycles. The van der Waals surface area contributed by atoms with Crippen molar-refractivity contribution < 1.29 is 14.3 Å². The van der Waals surface area contributed by atoms with E-state index in [-0.39, 0.29) is 24.0 Å². The summed E-state index contributed by atoms with van der Waals surface area (Å²) in [5.74, 6) is 1.76. The lowest BCUT2D eigenvalue weighted by Crippen LogP contribution is -2.50. The van der Waals surface area contributed by atoms with E-state index in [1.54, 1.807) is 23.9 Å². The summed E-state index contributed by atoms with van der Waals surface area (Å²) in [4.78, 5) is 26.7. The molecule has 1 fully saturated rings. The molecule has 2 atom stereocenters. The van der Waals surface area contributed by atoms with Crippen LogP contribution in [-0.4, -0.2) is 62.9 Å². The zero-order valence-electron chi connectivity index (χ0n) is 20.7. The zero-order valence-corrected chi connectivity index (χ0v) is 21.5. The molecule has 0 bridgehead atoms. The molecule has 0 saturated carbocycles. The van der Waals surface area contributed by atoms with Gasteiger partial charge in [0.2, 0.25) is 5.91 Å². The lowest BCUT2D eigenvalue weighted by Gasteiger charge is -2.36. The van der Waals surface area contributed by atoms with Crippen LogP contribution in [0.1, 0.15) is 37.6 Å². The van der Waals surface area contributed by atoms with Gasteiger partial charge in [0, 0.05) is 28.8 Å². The van der Waals surface area contributed by atoms with Crippen molar-refractivity contribution in [3.8, 4) is 5.75 Å². The average Bonchev–Trinajstić information content (AvgIpc) is 3.47. The van der Waals surface area contributed by atoms with Gasteiger partial charge in [0.1, 0.15) is 22.7 Å². The molecule has 2 N–H and O–H groups in total. The Balaban J connectivity index is 1.32. The number of fused-ring (bicyclic) bond motifs is 4. The molecule has 36 heavy (non-hydrogen) atoms. The fraction of sp³-hybridized carbons (Fsp3) is 0.462. The molecule has 1 aliphatic carbocycles. The average molecular weight is 507 g/mol. The number of rotatable bonds is 5. The number of H-pyrrole nitrogens is 1. The maximum absolute atomic E-state index is 13.3. The fourth-order valence-electron chi connectivity index (χ4n) is 5.25. The second-order valence-corrected chi connectivity index (χ2v) is 11.0. The molecule has 4 heterocycles. The van der Waals surface area contributed by atoms with Crippen LogP contribution < -0.4 is 10.1 Å². The number of benzene rings is 1. The highest BCUT2D eigenvalue weighted by atomic mass is 32.1. The quantitative estimate of drug-likeness (QED) is 0.412. The van der Waals surface area contributed by atoms with Gasteiger partial charge in [0.25, 0.3) is 0 Å². The van der Waals surface area contributed by atoms with Crippen LogP contribution >= 0.6 is 11.3 Å². The summed E-state index contributed by atoms with van der Waals surface area (Å²) in [6, 6.07) is 4.13. The van der Waals surface area contributed by atoms with Gasteiger partial charge in [-0.15, -0.1) is 11.3 Å². The molecule has 4 aromatic rings. The maximum Gasteiger partial charge on any atom is 0.226 e. The van der Waals surface area contributed by atoms with Gasteiger partial charge in [0.05, 0.1) is 48.1 Å². The lowest BCUT2D eigenvalue weighted by atomic mass is 9.86. The third-order valence-electron chi connectivity index (χ3n) is 7.00. The third kappa shape index (κ3) is 4.18. The Morgan fingerprint density at radius 3 is 3.06 bits per heavy atom. The number of hydrogen-bond donors (Lipinski definition) is 2. The molecule has 9 nitrogen and oxygen atoms in total. The van der Waals surface area contributed by atoms with Crippen LogP contribution in [0.15, 0.2) is 24.7 Å². The van der Waals surface area contributed by atoms with Crippen molar-refractivity contribution in [2.24, 2.45) is 5.92 Å². The van der Waals surface area contributed by atoms with Gasteiger partial charge >= 0.3 is 0 Å². The molecule has 0 unspecified atom stereocenters. The minimum atomic E-state index is 0.00465. The van der Waals surface area contributed by atoms with E-state index in [1.807, 2.05) is 30.9 Å². The SMILES string of the molecule is CC(C)Oc1cc2[nH]ncc2cc1Nc1ncnc2sc3c(c12)CC[C@H](C(=O)N1CCOC[C@@H]1C)C3. The smallest absolute Gasteiger partial charge is 0.226 e. The molecule has 1 aliphatic heterocycles. The number of nitrogens with one attached hydrogen (secondary N) is 2. The number of amides is 1. The first-order valence-electron chi connectivity index (χ1n) is 12.5. The van der Waals surface area contributed by atoms with Gasteiger partial charge in [0.15, 0.2) is 0 Å². The number of nitrogens with zero attached hydrogens (tertiary/aromatic N) is 4. The summed E-state index contributed by atoms with van der Waals surface area (Å²) in [5.41, 5.74) is 3.01. The number of anilines is 2. The summed E-state index contributed by atoms with van der Waals surface area (Å²) in [5, 5.41) is 12.7. The summed E-state index contributed by atoms with van der Waals surface area (Å²) < 4.78 is 11.6. The summed E-state index contributed by atoms with van der Waals surface area (Å²) in [7, 11) is 0. The summed E-state index contributed by atoms with van der Waals surface area (Å²) in [6.07, 6.45) is 5.84. The Morgan fingerprint density at radius 2 is 2.22 bits per heavy atom. The predicted octanol–water partition coefficient (Wildman–Crippen LogP) is 4.45. The van der Waals surface area contributed by atoms with Gasteiger partial charge in [-0.25, -0.2) is 9.97 Å². The predicted molar refractivity (Wildman–Crippen MR) is 140 cm³/mol. The molecule has 188 valence electrons. The largest absolute Gasteiger partial charge is 0.489 e. The normalized spacial score (nSPS) is 20.2. The second-order valence-electron chi connectivity index (χ2n) is 9.90. The minimum Gasteiger partial charge on any atom is -0.489 e. The van der Waals surface area contributed by atoms with Crippen LogP contribution in [-0.2, 0) is 22.4 Å². The van der Waals surface area contributed by atoms with E-state index in [0.29, 0.717) is 19.8 Å². The van der Waals surface area contributed by atoms with Gasteiger partial charge in [-0.05, 0) is 51.7 Å². The molecule has 1 saturated heterocycles. The van der Waals surface area contributed by atoms with Crippen LogP contribution in [0.4, 0.5) is 11.5 Å². The van der Waals surface area contributed by atoms with E-state index >= 15 is 0 Å². The lowest BCUT2D eigenvalue weighted by molar-refractivity contribution is -0.143. The van der Waals surface area contributed by atoms with Crippen molar-refractivity contribution in [1.29, 1.82) is 0 Å². The fourth-order valence-corrected chi connectivity index (χ4v) is 6.52. The number of hydrogen-bond acceptors (Lipinski definition) is 8. The maximum atomic E-state index is 13.3. The number of aromatic nitrogens is 4. The van der Waals surface area contributed by atoms with Crippen LogP contribution in [0.2, 0.25) is 0 Å². The number of aromatic amines is 1. The van der Waals surface area contributed by atoms with E-state index < -0.39 is 0 Å². The first kappa shape index (κ1) is 23.2. The van der Waals surface area contributed by atoms with Crippen molar-refractivity contribution >= 4 is 49.9 Å². The van der Waals surface area contributed by atoms with Gasteiger partial charge in [-0.1, -0.05) is 0 Å². The molecule has 10 heteroatoms. The van der Waals surface area contributed by atoms with Gasteiger partial charge in [-0.2, -0.15) is 5.10 Å². The first-order valence-corrected chi connectivity index (χ1v) is 13.3. The molecule has 1 amide bonds. The Morgan fingerprint density at radius 1 is 1.33 bits per heavy atom. The molecule has 1 aromatic carbocycles. The molecule has 6 rings (SSSR count). The number of thiophene rings is 1. The van der Waals surface area contributed by atoms with E-state index in [0.717, 1.165) is 57.6 Å². The van der Waals surface area contributed by atoms with Crippen molar-refractivity contribution in [2.45, 2.75) is 52.2 Å². The van der Waals surface area contributed by atoms with Gasteiger partial charge in [-0.3, -0.25) is 9.89 Å². The van der Waals surface area contributed by atoms with Crippen LogP contribution in [0.5, 0.6) is 5.75 Å². The van der Waals surface area contributed by atoms with E-state index in [2.05, 4.69) is 32.4 Å².